The highest BCUT2D eigenvalue weighted by atomic mass is 16.5. The standard InChI is InChI=1S/C15H22N2O3/c1-4-20-11(2)10-17-14(18)9-16-15(17)12-5-7-13(19-3)8-6-12/h5-8,11,15-16H,4,9-10H2,1-3H3. The molecule has 5 nitrogen and oxygen atoms in total. The van der Waals surface area contributed by atoms with Crippen LogP contribution in [0.1, 0.15) is 25.6 Å². The fourth-order valence-electron chi connectivity index (χ4n) is 2.45. The third kappa shape index (κ3) is 3.29. The molecule has 1 aromatic rings. The van der Waals surface area contributed by atoms with Crippen molar-refractivity contribution in [2.75, 3.05) is 26.8 Å². The smallest absolute Gasteiger partial charge is 0.238 e. The van der Waals surface area contributed by atoms with E-state index in [1.807, 2.05) is 43.0 Å². The summed E-state index contributed by atoms with van der Waals surface area (Å²) in [5.41, 5.74) is 1.06. The Bertz CT molecular complexity index is 447. The molecular formula is C15H22N2O3. The lowest BCUT2D eigenvalue weighted by Gasteiger charge is -2.27. The van der Waals surface area contributed by atoms with Crippen LogP contribution in [-0.2, 0) is 9.53 Å². The van der Waals surface area contributed by atoms with Crippen LogP contribution in [0.3, 0.4) is 0 Å². The van der Waals surface area contributed by atoms with Gasteiger partial charge in [0, 0.05) is 13.2 Å². The monoisotopic (exact) mass is 278 g/mol. The molecular weight excluding hydrogens is 256 g/mol. The molecule has 110 valence electrons. The van der Waals surface area contributed by atoms with Crippen molar-refractivity contribution in [2.24, 2.45) is 0 Å². The molecule has 1 heterocycles. The maximum Gasteiger partial charge on any atom is 0.238 e. The molecule has 1 amide bonds. The summed E-state index contributed by atoms with van der Waals surface area (Å²) >= 11 is 0. The van der Waals surface area contributed by atoms with Crippen LogP contribution in [0.25, 0.3) is 0 Å². The van der Waals surface area contributed by atoms with Crippen LogP contribution >= 0.6 is 0 Å². The molecule has 1 fully saturated rings. The highest BCUT2D eigenvalue weighted by Crippen LogP contribution is 2.24. The van der Waals surface area contributed by atoms with E-state index in [4.69, 9.17) is 9.47 Å². The number of nitrogens with one attached hydrogen (secondary N) is 1. The first-order valence-electron chi connectivity index (χ1n) is 6.94. The SMILES string of the molecule is CCOC(C)CN1C(=O)CNC1c1ccc(OC)cc1. The summed E-state index contributed by atoms with van der Waals surface area (Å²) in [6.07, 6.45) is -0.0547. The van der Waals surface area contributed by atoms with Crippen molar-refractivity contribution >= 4 is 5.91 Å². The first-order chi connectivity index (χ1) is 9.65. The second-order valence-electron chi connectivity index (χ2n) is 4.87. The minimum Gasteiger partial charge on any atom is -0.497 e. The largest absolute Gasteiger partial charge is 0.497 e. The summed E-state index contributed by atoms with van der Waals surface area (Å²) in [4.78, 5) is 13.8. The van der Waals surface area contributed by atoms with Crippen LogP contribution in [0.15, 0.2) is 24.3 Å². The average molecular weight is 278 g/mol. The summed E-state index contributed by atoms with van der Waals surface area (Å²) < 4.78 is 10.7. The molecule has 0 radical (unpaired) electrons. The lowest BCUT2D eigenvalue weighted by Crippen LogP contribution is -2.36. The van der Waals surface area contributed by atoms with Crippen LogP contribution in [0.4, 0.5) is 0 Å². The lowest BCUT2D eigenvalue weighted by atomic mass is 10.1. The second-order valence-corrected chi connectivity index (χ2v) is 4.87. The van der Waals surface area contributed by atoms with Gasteiger partial charge in [-0.15, -0.1) is 0 Å². The predicted molar refractivity (Wildman–Crippen MR) is 76.5 cm³/mol. The second kappa shape index (κ2) is 6.72. The van der Waals surface area contributed by atoms with Crippen LogP contribution in [0, 0.1) is 0 Å². The average Bonchev–Trinajstić information content (AvgIpc) is 2.81. The first kappa shape index (κ1) is 14.8. The normalized spacial score (nSPS) is 20.2. The van der Waals surface area contributed by atoms with E-state index in [0.717, 1.165) is 11.3 Å². The Balaban J connectivity index is 2.10. The van der Waals surface area contributed by atoms with Gasteiger partial charge in [0.25, 0.3) is 0 Å². The fraction of sp³-hybridized carbons (Fsp3) is 0.533. The van der Waals surface area contributed by atoms with Gasteiger partial charge in [0.2, 0.25) is 5.91 Å². The summed E-state index contributed by atoms with van der Waals surface area (Å²) in [5.74, 6) is 0.921. The Morgan fingerprint density at radius 1 is 1.40 bits per heavy atom. The van der Waals surface area contributed by atoms with Gasteiger partial charge in [-0.2, -0.15) is 0 Å². The highest BCUT2D eigenvalue weighted by molar-refractivity contribution is 5.81. The number of amides is 1. The maximum atomic E-state index is 12.0. The highest BCUT2D eigenvalue weighted by Gasteiger charge is 2.32. The van der Waals surface area contributed by atoms with Gasteiger partial charge in [0.15, 0.2) is 0 Å². The molecule has 0 aliphatic carbocycles. The predicted octanol–water partition coefficient (Wildman–Crippen LogP) is 1.55. The van der Waals surface area contributed by atoms with Gasteiger partial charge in [-0.25, -0.2) is 0 Å². The molecule has 1 saturated heterocycles. The molecule has 1 N–H and O–H groups in total. The van der Waals surface area contributed by atoms with Gasteiger partial charge in [-0.1, -0.05) is 12.1 Å². The van der Waals surface area contributed by atoms with Gasteiger partial charge < -0.3 is 14.4 Å². The minimum absolute atomic E-state index is 0.0320. The number of methoxy groups -OCH3 is 1. The number of nitrogens with zero attached hydrogens (tertiary/aromatic N) is 1. The summed E-state index contributed by atoms with van der Waals surface area (Å²) in [7, 11) is 1.64. The minimum atomic E-state index is -0.0867. The third-order valence-corrected chi connectivity index (χ3v) is 3.42. The zero-order valence-electron chi connectivity index (χ0n) is 12.3. The van der Waals surface area contributed by atoms with E-state index < -0.39 is 0 Å². The van der Waals surface area contributed by atoms with Crippen molar-refractivity contribution in [2.45, 2.75) is 26.1 Å². The molecule has 1 aliphatic heterocycles. The zero-order chi connectivity index (χ0) is 14.5. The number of rotatable bonds is 6. The Morgan fingerprint density at radius 2 is 2.10 bits per heavy atom. The number of hydrogen-bond donors (Lipinski definition) is 1. The summed E-state index contributed by atoms with van der Waals surface area (Å²) in [6, 6.07) is 7.77. The zero-order valence-corrected chi connectivity index (χ0v) is 12.3. The van der Waals surface area contributed by atoms with E-state index in [0.29, 0.717) is 19.7 Å². The first-order valence-corrected chi connectivity index (χ1v) is 6.94. The Morgan fingerprint density at radius 3 is 2.70 bits per heavy atom. The summed E-state index contributed by atoms with van der Waals surface area (Å²) in [5, 5.41) is 3.24. The van der Waals surface area contributed by atoms with Crippen LogP contribution in [-0.4, -0.2) is 43.7 Å². The molecule has 0 spiro atoms. The van der Waals surface area contributed by atoms with Crippen molar-refractivity contribution in [1.29, 1.82) is 0 Å². The third-order valence-electron chi connectivity index (χ3n) is 3.42. The van der Waals surface area contributed by atoms with Gasteiger partial charge >= 0.3 is 0 Å². The number of hydrogen-bond acceptors (Lipinski definition) is 4. The van der Waals surface area contributed by atoms with Gasteiger partial charge in [-0.05, 0) is 31.5 Å². The van der Waals surface area contributed by atoms with E-state index in [-0.39, 0.29) is 18.2 Å². The Kier molecular flexibility index (Phi) is 4.98. The van der Waals surface area contributed by atoms with E-state index >= 15 is 0 Å². The molecule has 1 aliphatic rings. The lowest BCUT2D eigenvalue weighted by molar-refractivity contribution is -0.129. The molecule has 2 rings (SSSR count). The maximum absolute atomic E-state index is 12.0. The van der Waals surface area contributed by atoms with Crippen molar-refractivity contribution < 1.29 is 14.3 Å². The van der Waals surface area contributed by atoms with Gasteiger partial charge in [0.05, 0.1) is 19.8 Å². The molecule has 20 heavy (non-hydrogen) atoms. The fourth-order valence-corrected chi connectivity index (χ4v) is 2.45. The topological polar surface area (TPSA) is 50.8 Å². The van der Waals surface area contributed by atoms with Crippen LogP contribution < -0.4 is 10.1 Å². The van der Waals surface area contributed by atoms with Crippen molar-refractivity contribution in [3.05, 3.63) is 29.8 Å². The quantitative estimate of drug-likeness (QED) is 0.858. The molecule has 5 heteroatoms. The number of carbonyl (C=O) groups excluding carboxylic acids is 1. The molecule has 0 bridgehead atoms. The van der Waals surface area contributed by atoms with E-state index in [9.17, 15) is 4.79 Å². The Hall–Kier alpha value is -1.59. The van der Waals surface area contributed by atoms with E-state index in [1.54, 1.807) is 7.11 Å². The number of carbonyl (C=O) groups is 1. The molecule has 1 aromatic carbocycles. The van der Waals surface area contributed by atoms with Gasteiger partial charge in [0.1, 0.15) is 11.9 Å². The molecule has 0 aromatic heterocycles. The number of ether oxygens (including phenoxy) is 2. The Labute approximate surface area is 119 Å². The number of benzene rings is 1. The van der Waals surface area contributed by atoms with E-state index in [2.05, 4.69) is 5.32 Å². The van der Waals surface area contributed by atoms with Crippen molar-refractivity contribution in [3.63, 3.8) is 0 Å². The van der Waals surface area contributed by atoms with Crippen molar-refractivity contribution in [1.82, 2.24) is 10.2 Å². The molecule has 2 unspecified atom stereocenters. The van der Waals surface area contributed by atoms with Crippen molar-refractivity contribution in [3.8, 4) is 5.75 Å². The van der Waals surface area contributed by atoms with Crippen LogP contribution in [0.2, 0.25) is 0 Å². The van der Waals surface area contributed by atoms with E-state index in [1.165, 1.54) is 0 Å². The molecule has 0 saturated carbocycles. The van der Waals surface area contributed by atoms with Crippen LogP contribution in [0.5, 0.6) is 5.75 Å². The van der Waals surface area contributed by atoms with Gasteiger partial charge in [-0.3, -0.25) is 10.1 Å². The summed E-state index contributed by atoms with van der Waals surface area (Å²) in [6.45, 7) is 5.57. The molecule has 2 atom stereocenters.